The molecule has 0 saturated heterocycles. The number of nitrogens with one attached hydrogen (secondary N) is 2. The molecule has 150 valence electrons. The van der Waals surface area contributed by atoms with E-state index in [0.29, 0.717) is 29.8 Å². The van der Waals surface area contributed by atoms with E-state index in [9.17, 15) is 4.79 Å². The number of benzene rings is 2. The van der Waals surface area contributed by atoms with Crippen LogP contribution in [0, 0.1) is 5.92 Å². The maximum Gasteiger partial charge on any atom is 0.315 e. The first kappa shape index (κ1) is 18.8. The quantitative estimate of drug-likeness (QED) is 0.662. The Labute approximate surface area is 168 Å². The number of hydrogen-bond donors (Lipinski definition) is 2. The lowest BCUT2D eigenvalue weighted by molar-refractivity contribution is 0.174. The fourth-order valence-electron chi connectivity index (χ4n) is 3.01. The summed E-state index contributed by atoms with van der Waals surface area (Å²) in [5.41, 5.74) is 1.77. The molecule has 2 N–H and O–H groups in total. The van der Waals surface area contributed by atoms with E-state index >= 15 is 0 Å². The third-order valence-electron chi connectivity index (χ3n) is 4.58. The van der Waals surface area contributed by atoms with E-state index in [2.05, 4.69) is 20.8 Å². The molecule has 2 heterocycles. The van der Waals surface area contributed by atoms with Gasteiger partial charge in [-0.2, -0.15) is 4.98 Å². The van der Waals surface area contributed by atoms with Gasteiger partial charge in [0, 0.05) is 12.1 Å². The van der Waals surface area contributed by atoms with Gasteiger partial charge in [-0.3, -0.25) is 0 Å². The molecule has 0 saturated carbocycles. The fourth-order valence-corrected chi connectivity index (χ4v) is 3.01. The first-order valence-corrected chi connectivity index (χ1v) is 9.42. The normalized spacial score (nSPS) is 13.3. The van der Waals surface area contributed by atoms with Gasteiger partial charge in [-0.15, -0.1) is 0 Å². The first-order chi connectivity index (χ1) is 14.1. The van der Waals surface area contributed by atoms with E-state index < -0.39 is 6.04 Å². The zero-order valence-electron chi connectivity index (χ0n) is 16.2. The van der Waals surface area contributed by atoms with Gasteiger partial charge >= 0.3 is 6.03 Å². The Morgan fingerprint density at radius 1 is 1.10 bits per heavy atom. The molecule has 1 unspecified atom stereocenters. The molecule has 1 aliphatic heterocycles. The molecular formula is C21H22N4O4. The van der Waals surface area contributed by atoms with Crippen LogP contribution in [0.2, 0.25) is 0 Å². The van der Waals surface area contributed by atoms with Gasteiger partial charge in [0.2, 0.25) is 18.5 Å². The van der Waals surface area contributed by atoms with Crippen molar-refractivity contribution in [3.05, 3.63) is 60.0 Å². The monoisotopic (exact) mass is 394 g/mol. The van der Waals surface area contributed by atoms with Crippen LogP contribution in [0.15, 0.2) is 53.1 Å². The van der Waals surface area contributed by atoms with E-state index in [-0.39, 0.29) is 18.7 Å². The number of ether oxygens (including phenoxy) is 2. The first-order valence-electron chi connectivity index (χ1n) is 9.42. The Balaban J connectivity index is 1.39. The highest BCUT2D eigenvalue weighted by atomic mass is 16.7. The summed E-state index contributed by atoms with van der Waals surface area (Å²) < 4.78 is 16.1. The Morgan fingerprint density at radius 2 is 1.90 bits per heavy atom. The summed E-state index contributed by atoms with van der Waals surface area (Å²) in [6.45, 7) is 4.54. The molecule has 0 fully saturated rings. The van der Waals surface area contributed by atoms with Gasteiger partial charge in [0.25, 0.3) is 0 Å². The predicted octanol–water partition coefficient (Wildman–Crippen LogP) is 3.66. The number of nitrogens with zero attached hydrogens (tertiary/aromatic N) is 2. The molecule has 1 aliphatic rings. The van der Waals surface area contributed by atoms with E-state index in [1.165, 1.54) is 0 Å². The molecule has 0 aliphatic carbocycles. The van der Waals surface area contributed by atoms with Crippen molar-refractivity contribution in [2.24, 2.45) is 5.92 Å². The number of amides is 2. The van der Waals surface area contributed by atoms with Gasteiger partial charge in [0.05, 0.1) is 0 Å². The number of aromatic nitrogens is 2. The fraction of sp³-hybridized carbons (Fsp3) is 0.286. The average molecular weight is 394 g/mol. The minimum Gasteiger partial charge on any atom is -0.454 e. The van der Waals surface area contributed by atoms with Crippen LogP contribution in [0.1, 0.15) is 31.3 Å². The SMILES string of the molecule is CC(C)C(NC(=O)NCc1ccc2c(c1)OCO2)c1nc(-c2ccccc2)no1. The van der Waals surface area contributed by atoms with Gasteiger partial charge < -0.3 is 24.6 Å². The summed E-state index contributed by atoms with van der Waals surface area (Å²) in [6, 6.07) is 14.4. The highest BCUT2D eigenvalue weighted by Gasteiger charge is 2.25. The van der Waals surface area contributed by atoms with Crippen molar-refractivity contribution in [1.29, 1.82) is 0 Å². The van der Waals surface area contributed by atoms with Crippen LogP contribution in [0.3, 0.4) is 0 Å². The topological polar surface area (TPSA) is 98.5 Å². The number of carbonyl (C=O) groups is 1. The third-order valence-corrected chi connectivity index (χ3v) is 4.58. The Hall–Kier alpha value is -3.55. The van der Waals surface area contributed by atoms with Gasteiger partial charge in [-0.1, -0.05) is 55.4 Å². The predicted molar refractivity (Wildman–Crippen MR) is 105 cm³/mol. The van der Waals surface area contributed by atoms with Gasteiger partial charge in [0.15, 0.2) is 11.5 Å². The Morgan fingerprint density at radius 3 is 2.69 bits per heavy atom. The molecular weight excluding hydrogens is 372 g/mol. The van der Waals surface area contributed by atoms with Crippen LogP contribution < -0.4 is 20.1 Å². The van der Waals surface area contributed by atoms with Gasteiger partial charge in [0.1, 0.15) is 6.04 Å². The number of fused-ring (bicyclic) bond motifs is 1. The van der Waals surface area contributed by atoms with Crippen LogP contribution in [0.4, 0.5) is 4.79 Å². The summed E-state index contributed by atoms with van der Waals surface area (Å²) >= 11 is 0. The van der Waals surface area contributed by atoms with E-state index in [1.807, 2.05) is 62.4 Å². The van der Waals surface area contributed by atoms with Crippen molar-refractivity contribution >= 4 is 6.03 Å². The largest absolute Gasteiger partial charge is 0.454 e. The lowest BCUT2D eigenvalue weighted by Crippen LogP contribution is -2.39. The molecule has 29 heavy (non-hydrogen) atoms. The summed E-state index contributed by atoms with van der Waals surface area (Å²) in [5.74, 6) is 2.33. The average Bonchev–Trinajstić information content (AvgIpc) is 3.40. The number of carbonyl (C=O) groups excluding carboxylic acids is 1. The highest BCUT2D eigenvalue weighted by Crippen LogP contribution is 2.32. The van der Waals surface area contributed by atoms with Crippen molar-refractivity contribution in [2.45, 2.75) is 26.4 Å². The van der Waals surface area contributed by atoms with E-state index in [1.54, 1.807) is 0 Å². The molecule has 4 rings (SSSR count). The second-order valence-corrected chi connectivity index (χ2v) is 7.06. The number of hydrogen-bond acceptors (Lipinski definition) is 6. The molecule has 8 heteroatoms. The van der Waals surface area contributed by atoms with Crippen LogP contribution in [-0.4, -0.2) is 23.0 Å². The molecule has 1 aromatic heterocycles. The maximum absolute atomic E-state index is 12.4. The Kier molecular flexibility index (Phi) is 5.33. The van der Waals surface area contributed by atoms with E-state index in [0.717, 1.165) is 11.1 Å². The summed E-state index contributed by atoms with van der Waals surface area (Å²) in [7, 11) is 0. The summed E-state index contributed by atoms with van der Waals surface area (Å²) in [5, 5.41) is 9.81. The number of rotatable bonds is 6. The van der Waals surface area contributed by atoms with Crippen molar-refractivity contribution in [3.63, 3.8) is 0 Å². The zero-order valence-corrected chi connectivity index (χ0v) is 16.2. The molecule has 2 aromatic carbocycles. The van der Waals surface area contributed by atoms with Crippen molar-refractivity contribution in [3.8, 4) is 22.9 Å². The minimum atomic E-state index is -0.406. The molecule has 2 amide bonds. The van der Waals surface area contributed by atoms with Crippen LogP contribution in [-0.2, 0) is 6.54 Å². The summed E-state index contributed by atoms with van der Waals surface area (Å²) in [6.07, 6.45) is 0. The molecule has 0 spiro atoms. The maximum atomic E-state index is 12.4. The molecule has 3 aromatic rings. The second kappa shape index (κ2) is 8.22. The van der Waals surface area contributed by atoms with Crippen LogP contribution in [0.25, 0.3) is 11.4 Å². The standard InChI is InChI=1S/C21H22N4O4/c1-13(2)18(20-24-19(25-29-20)15-6-4-3-5-7-15)23-21(26)22-11-14-8-9-16-17(10-14)28-12-27-16/h3-10,13,18H,11-12H2,1-2H3,(H2,22,23,26). The van der Waals surface area contributed by atoms with E-state index in [4.69, 9.17) is 14.0 Å². The zero-order chi connectivity index (χ0) is 20.2. The summed E-state index contributed by atoms with van der Waals surface area (Å²) in [4.78, 5) is 16.9. The van der Waals surface area contributed by atoms with Crippen LogP contribution in [0.5, 0.6) is 11.5 Å². The van der Waals surface area contributed by atoms with Gasteiger partial charge in [-0.25, -0.2) is 4.79 Å². The second-order valence-electron chi connectivity index (χ2n) is 7.06. The van der Waals surface area contributed by atoms with Crippen molar-refractivity contribution in [1.82, 2.24) is 20.8 Å². The lowest BCUT2D eigenvalue weighted by Gasteiger charge is -2.19. The lowest BCUT2D eigenvalue weighted by atomic mass is 10.0. The smallest absolute Gasteiger partial charge is 0.315 e. The number of urea groups is 1. The highest BCUT2D eigenvalue weighted by molar-refractivity contribution is 5.74. The third kappa shape index (κ3) is 4.31. The van der Waals surface area contributed by atoms with Crippen molar-refractivity contribution < 1.29 is 18.8 Å². The van der Waals surface area contributed by atoms with Gasteiger partial charge in [-0.05, 0) is 23.6 Å². The van der Waals surface area contributed by atoms with Crippen molar-refractivity contribution in [2.75, 3.05) is 6.79 Å². The molecule has 8 nitrogen and oxygen atoms in total. The minimum absolute atomic E-state index is 0.0652. The Bertz CT molecular complexity index is 987. The molecule has 0 bridgehead atoms. The molecule has 1 atom stereocenters. The van der Waals surface area contributed by atoms with Crippen LogP contribution >= 0.6 is 0 Å². The molecule has 0 radical (unpaired) electrons.